The second-order valence-corrected chi connectivity index (χ2v) is 4.19. The Morgan fingerprint density at radius 3 is 2.54 bits per heavy atom. The SMILES string of the molecule is CCC(=O)N(C)C1CCCCC1C. The predicted octanol–water partition coefficient (Wildman–Crippen LogP) is 2.43. The van der Waals surface area contributed by atoms with E-state index in [-0.39, 0.29) is 0 Å². The van der Waals surface area contributed by atoms with E-state index in [0.29, 0.717) is 24.3 Å². The van der Waals surface area contributed by atoms with Crippen LogP contribution < -0.4 is 0 Å². The van der Waals surface area contributed by atoms with Crippen LogP contribution in [0, 0.1) is 5.92 Å². The molecular weight excluding hydrogens is 162 g/mol. The van der Waals surface area contributed by atoms with Gasteiger partial charge in [-0.2, -0.15) is 0 Å². The van der Waals surface area contributed by atoms with Crippen molar-refractivity contribution in [2.45, 2.75) is 52.0 Å². The van der Waals surface area contributed by atoms with E-state index in [9.17, 15) is 4.79 Å². The molecule has 1 aliphatic carbocycles. The van der Waals surface area contributed by atoms with Crippen molar-refractivity contribution in [2.75, 3.05) is 7.05 Å². The van der Waals surface area contributed by atoms with Crippen LogP contribution in [0.4, 0.5) is 0 Å². The van der Waals surface area contributed by atoms with E-state index in [1.165, 1.54) is 25.7 Å². The van der Waals surface area contributed by atoms with Crippen molar-refractivity contribution >= 4 is 5.91 Å². The lowest BCUT2D eigenvalue weighted by atomic mass is 9.85. The van der Waals surface area contributed by atoms with Crippen LogP contribution in [0.5, 0.6) is 0 Å². The zero-order chi connectivity index (χ0) is 9.84. The molecule has 0 spiro atoms. The molecule has 1 fully saturated rings. The number of nitrogens with zero attached hydrogens (tertiary/aromatic N) is 1. The Kier molecular flexibility index (Phi) is 3.76. The minimum atomic E-state index is 0.291. The molecule has 1 amide bonds. The first-order chi connectivity index (χ1) is 6.16. The fourth-order valence-electron chi connectivity index (χ4n) is 2.31. The summed E-state index contributed by atoms with van der Waals surface area (Å²) in [5, 5.41) is 0. The molecule has 2 nitrogen and oxygen atoms in total. The standard InChI is InChI=1S/C11H21NO/c1-4-11(13)12(3)10-8-6-5-7-9(10)2/h9-10H,4-8H2,1-3H3. The van der Waals surface area contributed by atoms with Crippen molar-refractivity contribution < 1.29 is 4.79 Å². The van der Waals surface area contributed by atoms with Crippen LogP contribution in [0.25, 0.3) is 0 Å². The second kappa shape index (κ2) is 4.64. The Hall–Kier alpha value is -0.530. The third-order valence-corrected chi connectivity index (χ3v) is 3.26. The van der Waals surface area contributed by atoms with E-state index in [4.69, 9.17) is 0 Å². The van der Waals surface area contributed by atoms with Crippen molar-refractivity contribution in [1.29, 1.82) is 0 Å². The highest BCUT2D eigenvalue weighted by Crippen LogP contribution is 2.27. The van der Waals surface area contributed by atoms with E-state index >= 15 is 0 Å². The zero-order valence-electron chi connectivity index (χ0n) is 9.05. The summed E-state index contributed by atoms with van der Waals surface area (Å²) in [7, 11) is 1.96. The van der Waals surface area contributed by atoms with Gasteiger partial charge >= 0.3 is 0 Å². The minimum Gasteiger partial charge on any atom is -0.343 e. The van der Waals surface area contributed by atoms with Gasteiger partial charge in [0.1, 0.15) is 0 Å². The van der Waals surface area contributed by atoms with Crippen LogP contribution in [0.3, 0.4) is 0 Å². The normalized spacial score (nSPS) is 28.5. The van der Waals surface area contributed by atoms with Crippen molar-refractivity contribution in [3.63, 3.8) is 0 Å². The highest BCUT2D eigenvalue weighted by atomic mass is 16.2. The lowest BCUT2D eigenvalue weighted by Gasteiger charge is -2.36. The molecule has 0 aromatic rings. The highest BCUT2D eigenvalue weighted by molar-refractivity contribution is 5.75. The first kappa shape index (κ1) is 10.6. The quantitative estimate of drug-likeness (QED) is 0.644. The smallest absolute Gasteiger partial charge is 0.222 e. The topological polar surface area (TPSA) is 20.3 Å². The van der Waals surface area contributed by atoms with Crippen LogP contribution in [-0.4, -0.2) is 23.9 Å². The summed E-state index contributed by atoms with van der Waals surface area (Å²) in [6, 6.07) is 0.501. The Labute approximate surface area is 81.3 Å². The summed E-state index contributed by atoms with van der Waals surface area (Å²) < 4.78 is 0. The van der Waals surface area contributed by atoms with Crippen molar-refractivity contribution in [1.82, 2.24) is 4.90 Å². The monoisotopic (exact) mass is 183 g/mol. The fraction of sp³-hybridized carbons (Fsp3) is 0.909. The molecule has 0 aromatic carbocycles. The summed E-state index contributed by atoms with van der Waals surface area (Å²) in [6.45, 7) is 4.20. The fourth-order valence-corrected chi connectivity index (χ4v) is 2.31. The second-order valence-electron chi connectivity index (χ2n) is 4.19. The average molecular weight is 183 g/mol. The number of rotatable bonds is 2. The number of carbonyl (C=O) groups is 1. The van der Waals surface area contributed by atoms with Crippen molar-refractivity contribution in [3.05, 3.63) is 0 Å². The van der Waals surface area contributed by atoms with Crippen LogP contribution in [0.15, 0.2) is 0 Å². The molecule has 1 aliphatic rings. The maximum atomic E-state index is 11.5. The summed E-state index contributed by atoms with van der Waals surface area (Å²) in [5.74, 6) is 0.980. The zero-order valence-corrected chi connectivity index (χ0v) is 9.05. The molecule has 13 heavy (non-hydrogen) atoms. The van der Waals surface area contributed by atoms with E-state index in [1.54, 1.807) is 0 Å². The van der Waals surface area contributed by atoms with Gasteiger partial charge in [-0.1, -0.05) is 26.7 Å². The molecule has 0 saturated heterocycles. The molecule has 0 N–H and O–H groups in total. The maximum Gasteiger partial charge on any atom is 0.222 e. The van der Waals surface area contributed by atoms with E-state index < -0.39 is 0 Å². The van der Waals surface area contributed by atoms with Crippen LogP contribution in [0.2, 0.25) is 0 Å². The summed E-state index contributed by atoms with van der Waals surface area (Å²) in [4.78, 5) is 13.4. The Bertz CT molecular complexity index is 179. The molecule has 2 atom stereocenters. The molecule has 2 unspecified atom stereocenters. The van der Waals surface area contributed by atoms with E-state index in [2.05, 4.69) is 6.92 Å². The molecule has 2 heteroatoms. The Morgan fingerprint density at radius 2 is 2.00 bits per heavy atom. The van der Waals surface area contributed by atoms with Gasteiger partial charge in [-0.3, -0.25) is 4.79 Å². The van der Waals surface area contributed by atoms with Crippen LogP contribution in [-0.2, 0) is 4.79 Å². The van der Waals surface area contributed by atoms with Gasteiger partial charge in [0.05, 0.1) is 0 Å². The van der Waals surface area contributed by atoms with Gasteiger partial charge in [0.2, 0.25) is 5.91 Å². The minimum absolute atomic E-state index is 0.291. The first-order valence-corrected chi connectivity index (χ1v) is 5.42. The highest BCUT2D eigenvalue weighted by Gasteiger charge is 2.26. The number of carbonyl (C=O) groups excluding carboxylic acids is 1. The van der Waals surface area contributed by atoms with Gasteiger partial charge in [0.25, 0.3) is 0 Å². The molecule has 0 radical (unpaired) electrons. The molecule has 1 rings (SSSR count). The van der Waals surface area contributed by atoms with Crippen molar-refractivity contribution in [2.24, 2.45) is 5.92 Å². The molecule has 0 aliphatic heterocycles. The van der Waals surface area contributed by atoms with Gasteiger partial charge in [-0.15, -0.1) is 0 Å². The van der Waals surface area contributed by atoms with Gasteiger partial charge in [-0.25, -0.2) is 0 Å². The van der Waals surface area contributed by atoms with Crippen LogP contribution >= 0.6 is 0 Å². The number of amides is 1. The molecule has 1 saturated carbocycles. The van der Waals surface area contributed by atoms with Gasteiger partial charge in [0.15, 0.2) is 0 Å². The first-order valence-electron chi connectivity index (χ1n) is 5.42. The largest absolute Gasteiger partial charge is 0.343 e. The summed E-state index contributed by atoms with van der Waals surface area (Å²) >= 11 is 0. The molecular formula is C11H21NO. The van der Waals surface area contributed by atoms with E-state index in [1.807, 2.05) is 18.9 Å². The Morgan fingerprint density at radius 1 is 1.38 bits per heavy atom. The Balaban J connectivity index is 2.53. The molecule has 76 valence electrons. The third-order valence-electron chi connectivity index (χ3n) is 3.26. The molecule has 0 heterocycles. The summed E-state index contributed by atoms with van der Waals surface area (Å²) in [5.41, 5.74) is 0. The van der Waals surface area contributed by atoms with Crippen LogP contribution in [0.1, 0.15) is 46.0 Å². The maximum absolute atomic E-state index is 11.5. The predicted molar refractivity (Wildman–Crippen MR) is 54.5 cm³/mol. The molecule has 0 bridgehead atoms. The third kappa shape index (κ3) is 2.45. The van der Waals surface area contributed by atoms with Gasteiger partial charge < -0.3 is 4.90 Å². The lowest BCUT2D eigenvalue weighted by molar-refractivity contribution is -0.133. The van der Waals surface area contributed by atoms with Crippen molar-refractivity contribution in [3.8, 4) is 0 Å². The number of hydrogen-bond donors (Lipinski definition) is 0. The molecule has 0 aromatic heterocycles. The number of hydrogen-bond acceptors (Lipinski definition) is 1. The average Bonchev–Trinajstić information content (AvgIpc) is 2.16. The van der Waals surface area contributed by atoms with Gasteiger partial charge in [0, 0.05) is 19.5 Å². The summed E-state index contributed by atoms with van der Waals surface area (Å²) in [6.07, 6.45) is 5.75. The lowest BCUT2D eigenvalue weighted by Crippen LogP contribution is -2.42. The van der Waals surface area contributed by atoms with E-state index in [0.717, 1.165) is 0 Å². The van der Waals surface area contributed by atoms with Gasteiger partial charge in [-0.05, 0) is 18.8 Å².